The summed E-state index contributed by atoms with van der Waals surface area (Å²) in [5.41, 5.74) is 3.01. The topological polar surface area (TPSA) is 49.8 Å². The zero-order valence-corrected chi connectivity index (χ0v) is 16.3. The van der Waals surface area contributed by atoms with Crippen molar-refractivity contribution in [2.45, 2.75) is 70.8 Å². The largest absolute Gasteiger partial charge is 0.443 e. The van der Waals surface area contributed by atoms with Crippen LogP contribution in [0.25, 0.3) is 0 Å². The molecule has 0 aromatic heterocycles. The summed E-state index contributed by atoms with van der Waals surface area (Å²) < 4.78 is 5.60. The Labute approximate surface area is 151 Å². The summed E-state index contributed by atoms with van der Waals surface area (Å²) in [5.74, 6) is 0.346. The lowest BCUT2D eigenvalue weighted by molar-refractivity contribution is 0.0574. The van der Waals surface area contributed by atoms with Gasteiger partial charge in [0.1, 0.15) is 5.60 Å². The molecule has 0 bridgehead atoms. The average Bonchev–Trinajstić information content (AvgIpc) is 3.17. The molecule has 0 spiro atoms. The van der Waals surface area contributed by atoms with Gasteiger partial charge in [-0.15, -0.1) is 0 Å². The van der Waals surface area contributed by atoms with E-state index >= 15 is 0 Å². The van der Waals surface area contributed by atoms with E-state index in [4.69, 9.17) is 4.74 Å². The van der Waals surface area contributed by atoms with E-state index in [1.54, 1.807) is 4.90 Å². The van der Waals surface area contributed by atoms with Crippen LogP contribution in [0, 0.1) is 5.92 Å². The quantitative estimate of drug-likeness (QED) is 0.865. The first-order valence-electron chi connectivity index (χ1n) is 9.24. The van der Waals surface area contributed by atoms with Crippen molar-refractivity contribution in [3.05, 3.63) is 29.3 Å². The number of amides is 1. The number of fused-ring (bicyclic) bond motifs is 1. The second-order valence-electron chi connectivity index (χ2n) is 9.50. The SMILES string of the molecule is CC(C)(C)OC(=O)N1CCC(C)(C)c2cc([C@@]3(C)C[C@@H]3CO)ccc21. The maximum Gasteiger partial charge on any atom is 0.414 e. The number of carbonyl (C=O) groups is 1. The van der Waals surface area contributed by atoms with Gasteiger partial charge in [-0.3, -0.25) is 4.90 Å². The molecule has 138 valence electrons. The monoisotopic (exact) mass is 345 g/mol. The maximum atomic E-state index is 12.7. The fourth-order valence-corrected chi connectivity index (χ4v) is 3.89. The van der Waals surface area contributed by atoms with Gasteiger partial charge >= 0.3 is 6.09 Å². The van der Waals surface area contributed by atoms with E-state index in [0.29, 0.717) is 12.5 Å². The fourth-order valence-electron chi connectivity index (χ4n) is 3.89. The Morgan fingerprint density at radius 1 is 1.32 bits per heavy atom. The third-order valence-electron chi connectivity index (χ3n) is 5.88. The summed E-state index contributed by atoms with van der Waals surface area (Å²) in [7, 11) is 0. The molecule has 1 amide bonds. The molecule has 1 aromatic rings. The number of aliphatic hydroxyl groups is 1. The molecule has 4 heteroatoms. The van der Waals surface area contributed by atoms with Crippen molar-refractivity contribution in [1.29, 1.82) is 0 Å². The van der Waals surface area contributed by atoms with E-state index in [2.05, 4.69) is 39.0 Å². The summed E-state index contributed by atoms with van der Waals surface area (Å²) in [6.07, 6.45) is 1.66. The van der Waals surface area contributed by atoms with Gasteiger partial charge in [0, 0.05) is 13.2 Å². The summed E-state index contributed by atoms with van der Waals surface area (Å²) >= 11 is 0. The molecule has 2 aliphatic rings. The molecule has 1 aliphatic heterocycles. The van der Waals surface area contributed by atoms with Crippen LogP contribution in [0.4, 0.5) is 10.5 Å². The molecule has 0 unspecified atom stereocenters. The van der Waals surface area contributed by atoms with Crippen LogP contribution in [0.1, 0.15) is 65.5 Å². The van der Waals surface area contributed by atoms with Crippen LogP contribution in [-0.2, 0) is 15.6 Å². The Kier molecular flexibility index (Phi) is 4.18. The highest BCUT2D eigenvalue weighted by atomic mass is 16.6. The lowest BCUT2D eigenvalue weighted by Gasteiger charge is -2.40. The van der Waals surface area contributed by atoms with Crippen molar-refractivity contribution in [3.63, 3.8) is 0 Å². The Morgan fingerprint density at radius 2 is 2.00 bits per heavy atom. The molecule has 1 aliphatic carbocycles. The van der Waals surface area contributed by atoms with Crippen molar-refractivity contribution < 1.29 is 14.6 Å². The van der Waals surface area contributed by atoms with Gasteiger partial charge in [-0.05, 0) is 67.6 Å². The first-order chi connectivity index (χ1) is 11.5. The number of hydrogen-bond acceptors (Lipinski definition) is 3. The van der Waals surface area contributed by atoms with Crippen molar-refractivity contribution in [1.82, 2.24) is 0 Å². The lowest BCUT2D eigenvalue weighted by atomic mass is 9.76. The molecule has 1 heterocycles. The van der Waals surface area contributed by atoms with Crippen molar-refractivity contribution in [2.75, 3.05) is 18.1 Å². The van der Waals surface area contributed by atoms with E-state index in [-0.39, 0.29) is 23.5 Å². The zero-order valence-electron chi connectivity index (χ0n) is 16.3. The Morgan fingerprint density at radius 3 is 2.56 bits per heavy atom. The minimum atomic E-state index is -0.500. The second kappa shape index (κ2) is 5.73. The Hall–Kier alpha value is -1.55. The summed E-state index contributed by atoms with van der Waals surface area (Å²) in [6.45, 7) is 13.3. The minimum absolute atomic E-state index is 0.0177. The molecule has 0 saturated heterocycles. The van der Waals surface area contributed by atoms with Crippen LogP contribution in [-0.4, -0.2) is 30.0 Å². The molecule has 2 atom stereocenters. The number of hydrogen-bond donors (Lipinski definition) is 1. The van der Waals surface area contributed by atoms with E-state index in [9.17, 15) is 9.90 Å². The van der Waals surface area contributed by atoms with Crippen LogP contribution in [0.15, 0.2) is 18.2 Å². The standard InChI is InChI=1S/C21H31NO3/c1-19(2,3)25-18(24)22-10-9-20(4,5)16-11-14(7-8-17(16)22)21(6)12-15(21)13-23/h7-8,11,15,23H,9-10,12-13H2,1-6H3/t15-,21-/m1/s1. The normalized spacial score (nSPS) is 27.6. The third-order valence-corrected chi connectivity index (χ3v) is 5.88. The molecule has 3 rings (SSSR count). The molecule has 1 aromatic carbocycles. The molecule has 25 heavy (non-hydrogen) atoms. The molecular formula is C21H31NO3. The number of nitrogens with zero attached hydrogens (tertiary/aromatic N) is 1. The van der Waals surface area contributed by atoms with Crippen LogP contribution in [0.2, 0.25) is 0 Å². The van der Waals surface area contributed by atoms with Crippen molar-refractivity contribution in [2.24, 2.45) is 5.92 Å². The summed E-state index contributed by atoms with van der Waals surface area (Å²) in [5, 5.41) is 9.50. The van der Waals surface area contributed by atoms with Crippen LogP contribution in [0.3, 0.4) is 0 Å². The smallest absolute Gasteiger partial charge is 0.414 e. The van der Waals surface area contributed by atoms with E-state index in [0.717, 1.165) is 18.5 Å². The first-order valence-corrected chi connectivity index (χ1v) is 9.24. The fraction of sp³-hybridized carbons (Fsp3) is 0.667. The number of benzene rings is 1. The average molecular weight is 345 g/mol. The highest BCUT2D eigenvalue weighted by Crippen LogP contribution is 2.55. The molecule has 1 N–H and O–H groups in total. The molecule has 1 fully saturated rings. The highest BCUT2D eigenvalue weighted by Gasteiger charge is 2.51. The summed E-state index contributed by atoms with van der Waals surface area (Å²) in [6, 6.07) is 6.43. The maximum absolute atomic E-state index is 12.7. The molecular weight excluding hydrogens is 314 g/mol. The van der Waals surface area contributed by atoms with Crippen LogP contribution >= 0.6 is 0 Å². The Bertz CT molecular complexity index is 689. The van der Waals surface area contributed by atoms with Gasteiger partial charge in [-0.2, -0.15) is 0 Å². The number of ether oxygens (including phenoxy) is 1. The lowest BCUT2D eigenvalue weighted by Crippen LogP contribution is -2.43. The second-order valence-corrected chi connectivity index (χ2v) is 9.50. The van der Waals surface area contributed by atoms with E-state index in [1.165, 1.54) is 11.1 Å². The van der Waals surface area contributed by atoms with Gasteiger partial charge < -0.3 is 9.84 Å². The van der Waals surface area contributed by atoms with Gasteiger partial charge in [-0.25, -0.2) is 4.79 Å². The van der Waals surface area contributed by atoms with Gasteiger partial charge in [0.05, 0.1) is 5.69 Å². The Balaban J connectivity index is 1.97. The molecule has 0 radical (unpaired) electrons. The van der Waals surface area contributed by atoms with Gasteiger partial charge in [0.2, 0.25) is 0 Å². The van der Waals surface area contributed by atoms with Gasteiger partial charge in [-0.1, -0.05) is 32.9 Å². The molecule has 1 saturated carbocycles. The van der Waals surface area contributed by atoms with Gasteiger partial charge in [0.15, 0.2) is 0 Å². The van der Waals surface area contributed by atoms with Gasteiger partial charge in [0.25, 0.3) is 0 Å². The van der Waals surface area contributed by atoms with Crippen molar-refractivity contribution >= 4 is 11.8 Å². The third kappa shape index (κ3) is 3.29. The first kappa shape index (κ1) is 18.2. The van der Waals surface area contributed by atoms with E-state index in [1.807, 2.05) is 20.8 Å². The highest BCUT2D eigenvalue weighted by molar-refractivity contribution is 5.90. The summed E-state index contributed by atoms with van der Waals surface area (Å²) in [4.78, 5) is 14.4. The number of rotatable bonds is 2. The zero-order chi connectivity index (χ0) is 18.6. The number of carbonyl (C=O) groups excluding carboxylic acids is 1. The predicted molar refractivity (Wildman–Crippen MR) is 100 cm³/mol. The van der Waals surface area contributed by atoms with E-state index < -0.39 is 5.60 Å². The van der Waals surface area contributed by atoms with Crippen LogP contribution < -0.4 is 4.90 Å². The minimum Gasteiger partial charge on any atom is -0.443 e. The van der Waals surface area contributed by atoms with Crippen molar-refractivity contribution in [3.8, 4) is 0 Å². The number of anilines is 1. The van der Waals surface area contributed by atoms with Crippen LogP contribution in [0.5, 0.6) is 0 Å². The molecule has 4 nitrogen and oxygen atoms in total. The predicted octanol–water partition coefficient (Wildman–Crippen LogP) is 4.38. The number of aliphatic hydroxyl groups excluding tert-OH is 1.